The van der Waals surface area contributed by atoms with E-state index in [0.717, 1.165) is 26.1 Å². The Morgan fingerprint density at radius 2 is 1.74 bits per heavy atom. The van der Waals surface area contributed by atoms with Gasteiger partial charge in [0.15, 0.2) is 5.78 Å². The molecule has 0 unspecified atom stereocenters. The number of halogens is 1. The first kappa shape index (κ1) is 20.0. The summed E-state index contributed by atoms with van der Waals surface area (Å²) in [5, 5.41) is 0. The Labute approximate surface area is 160 Å². The molecule has 2 aliphatic rings. The van der Waals surface area contributed by atoms with Crippen LogP contribution in [0.1, 0.15) is 48.9 Å². The van der Waals surface area contributed by atoms with Gasteiger partial charge in [0.2, 0.25) is 5.91 Å². The third-order valence-electron chi connectivity index (χ3n) is 5.35. The Hall–Kier alpha value is -1.79. The van der Waals surface area contributed by atoms with Gasteiger partial charge < -0.3 is 14.5 Å². The Bertz CT molecular complexity index is 629. The summed E-state index contributed by atoms with van der Waals surface area (Å²) >= 11 is 0. The van der Waals surface area contributed by atoms with Crippen molar-refractivity contribution in [2.45, 2.75) is 44.6 Å². The lowest BCUT2D eigenvalue weighted by molar-refractivity contribution is -0.132. The van der Waals surface area contributed by atoms with Crippen LogP contribution in [0.5, 0.6) is 0 Å². The molecule has 0 spiro atoms. The van der Waals surface area contributed by atoms with Crippen molar-refractivity contribution in [3.63, 3.8) is 0 Å². The van der Waals surface area contributed by atoms with Crippen LogP contribution in [-0.2, 0) is 9.53 Å². The van der Waals surface area contributed by atoms with E-state index in [9.17, 15) is 14.0 Å². The largest absolute Gasteiger partial charge is 0.375 e. The fourth-order valence-corrected chi connectivity index (χ4v) is 3.82. The zero-order valence-corrected chi connectivity index (χ0v) is 15.9. The number of ketones is 1. The van der Waals surface area contributed by atoms with Crippen LogP contribution in [-0.4, -0.2) is 66.9 Å². The molecule has 0 saturated carbocycles. The molecular formula is C21H29FN2O3. The fraction of sp³-hybridized carbons (Fsp3) is 0.619. The van der Waals surface area contributed by atoms with Crippen LogP contribution in [0.3, 0.4) is 0 Å². The molecule has 148 valence electrons. The van der Waals surface area contributed by atoms with E-state index in [0.29, 0.717) is 25.3 Å². The van der Waals surface area contributed by atoms with E-state index in [1.807, 2.05) is 4.90 Å². The van der Waals surface area contributed by atoms with Crippen LogP contribution in [0.25, 0.3) is 0 Å². The third kappa shape index (κ3) is 6.11. The fourth-order valence-electron chi connectivity index (χ4n) is 3.82. The van der Waals surface area contributed by atoms with Gasteiger partial charge in [-0.05, 0) is 56.6 Å². The van der Waals surface area contributed by atoms with Gasteiger partial charge in [-0.15, -0.1) is 0 Å². The molecule has 2 fully saturated rings. The molecule has 27 heavy (non-hydrogen) atoms. The summed E-state index contributed by atoms with van der Waals surface area (Å²) in [5.41, 5.74) is 0.450. The van der Waals surface area contributed by atoms with Gasteiger partial charge in [-0.25, -0.2) is 4.39 Å². The monoisotopic (exact) mass is 376 g/mol. The van der Waals surface area contributed by atoms with Crippen molar-refractivity contribution in [3.05, 3.63) is 35.6 Å². The standard InChI is InChI=1S/C21H29FN2O3/c22-18-7-5-17(6-8-18)20(25)9-10-21(26)24-13-4-14-27-19(16-24)15-23-11-2-1-3-12-23/h5-8,19H,1-4,9-16H2/t19-/m0/s1. The zero-order valence-electron chi connectivity index (χ0n) is 15.9. The first-order valence-corrected chi connectivity index (χ1v) is 10.0. The highest BCUT2D eigenvalue weighted by atomic mass is 19.1. The minimum atomic E-state index is -0.369. The van der Waals surface area contributed by atoms with Crippen molar-refractivity contribution in [2.24, 2.45) is 0 Å². The second-order valence-electron chi connectivity index (χ2n) is 7.48. The number of benzene rings is 1. The van der Waals surface area contributed by atoms with Gasteiger partial charge in [0.05, 0.1) is 6.10 Å². The molecule has 1 atom stereocenters. The predicted octanol–water partition coefficient (Wildman–Crippen LogP) is 2.89. The molecule has 3 rings (SSSR count). The second-order valence-corrected chi connectivity index (χ2v) is 7.48. The van der Waals surface area contributed by atoms with Crippen LogP contribution in [0.4, 0.5) is 4.39 Å². The molecule has 2 aliphatic heterocycles. The van der Waals surface area contributed by atoms with E-state index in [4.69, 9.17) is 4.74 Å². The van der Waals surface area contributed by atoms with Gasteiger partial charge in [-0.1, -0.05) is 6.42 Å². The van der Waals surface area contributed by atoms with Gasteiger partial charge in [0.1, 0.15) is 5.82 Å². The molecule has 1 amide bonds. The molecule has 0 aliphatic carbocycles. The van der Waals surface area contributed by atoms with Crippen molar-refractivity contribution < 1.29 is 18.7 Å². The summed E-state index contributed by atoms with van der Waals surface area (Å²) < 4.78 is 18.9. The van der Waals surface area contributed by atoms with E-state index in [-0.39, 0.29) is 36.5 Å². The highest BCUT2D eigenvalue weighted by molar-refractivity contribution is 5.97. The van der Waals surface area contributed by atoms with Gasteiger partial charge in [0.25, 0.3) is 0 Å². The number of nitrogens with zero attached hydrogens (tertiary/aromatic N) is 2. The maximum absolute atomic E-state index is 13.0. The Morgan fingerprint density at radius 1 is 1.00 bits per heavy atom. The quantitative estimate of drug-likeness (QED) is 0.717. The lowest BCUT2D eigenvalue weighted by Gasteiger charge is -2.31. The number of rotatable bonds is 6. The van der Waals surface area contributed by atoms with E-state index < -0.39 is 0 Å². The van der Waals surface area contributed by atoms with E-state index >= 15 is 0 Å². The molecule has 6 heteroatoms. The van der Waals surface area contributed by atoms with Crippen molar-refractivity contribution in [2.75, 3.05) is 39.3 Å². The summed E-state index contributed by atoms with van der Waals surface area (Å²) in [7, 11) is 0. The first-order valence-electron chi connectivity index (χ1n) is 10.0. The number of carbonyl (C=O) groups excluding carboxylic acids is 2. The molecule has 0 N–H and O–H groups in total. The van der Waals surface area contributed by atoms with Crippen LogP contribution < -0.4 is 0 Å². The SMILES string of the molecule is O=C(CCC(=O)N1CCCO[C@@H](CN2CCCCC2)C1)c1ccc(F)cc1. The zero-order chi connectivity index (χ0) is 19.1. The number of hydrogen-bond donors (Lipinski definition) is 0. The minimum Gasteiger partial charge on any atom is -0.375 e. The highest BCUT2D eigenvalue weighted by Crippen LogP contribution is 2.15. The van der Waals surface area contributed by atoms with E-state index in [2.05, 4.69) is 4.90 Å². The summed E-state index contributed by atoms with van der Waals surface area (Å²) in [6.45, 7) is 5.05. The number of amides is 1. The van der Waals surface area contributed by atoms with Gasteiger partial charge in [0, 0.05) is 44.6 Å². The summed E-state index contributed by atoms with van der Waals surface area (Å²) in [5.74, 6) is -0.495. The van der Waals surface area contributed by atoms with E-state index in [1.54, 1.807) is 0 Å². The average molecular weight is 376 g/mol. The lowest BCUT2D eigenvalue weighted by Crippen LogP contribution is -2.43. The number of hydrogen-bond acceptors (Lipinski definition) is 4. The topological polar surface area (TPSA) is 49.9 Å². The maximum Gasteiger partial charge on any atom is 0.223 e. The molecule has 5 nitrogen and oxygen atoms in total. The smallest absolute Gasteiger partial charge is 0.223 e. The van der Waals surface area contributed by atoms with Gasteiger partial charge in [-0.2, -0.15) is 0 Å². The van der Waals surface area contributed by atoms with E-state index in [1.165, 1.54) is 43.5 Å². The molecule has 0 aromatic heterocycles. The highest BCUT2D eigenvalue weighted by Gasteiger charge is 2.25. The Morgan fingerprint density at radius 3 is 2.48 bits per heavy atom. The molecule has 1 aromatic rings. The normalized spacial score (nSPS) is 21.7. The molecule has 2 saturated heterocycles. The summed E-state index contributed by atoms with van der Waals surface area (Å²) in [4.78, 5) is 29.1. The minimum absolute atomic E-state index is 0.000365. The molecule has 2 heterocycles. The van der Waals surface area contributed by atoms with Crippen molar-refractivity contribution in [1.29, 1.82) is 0 Å². The molecular weight excluding hydrogens is 347 g/mol. The van der Waals surface area contributed by atoms with Crippen LogP contribution in [0, 0.1) is 5.82 Å². The molecule has 0 bridgehead atoms. The number of piperidine rings is 1. The van der Waals surface area contributed by atoms with Gasteiger partial charge >= 0.3 is 0 Å². The number of Topliss-reactive ketones (excluding diaryl/α,β-unsaturated/α-hetero) is 1. The number of ether oxygens (including phenoxy) is 1. The predicted molar refractivity (Wildman–Crippen MR) is 101 cm³/mol. The van der Waals surface area contributed by atoms with Gasteiger partial charge in [-0.3, -0.25) is 9.59 Å². The van der Waals surface area contributed by atoms with Crippen molar-refractivity contribution >= 4 is 11.7 Å². The van der Waals surface area contributed by atoms with Crippen LogP contribution >= 0.6 is 0 Å². The summed E-state index contributed by atoms with van der Waals surface area (Å²) in [6, 6.07) is 5.48. The number of likely N-dealkylation sites (tertiary alicyclic amines) is 1. The maximum atomic E-state index is 13.0. The second kappa shape index (κ2) is 9.95. The van der Waals surface area contributed by atoms with Crippen LogP contribution in [0.2, 0.25) is 0 Å². The Kier molecular flexibility index (Phi) is 7.35. The van der Waals surface area contributed by atoms with Crippen molar-refractivity contribution in [3.8, 4) is 0 Å². The first-order chi connectivity index (χ1) is 13.1. The third-order valence-corrected chi connectivity index (χ3v) is 5.35. The molecule has 1 aromatic carbocycles. The lowest BCUT2D eigenvalue weighted by atomic mass is 10.1. The number of carbonyl (C=O) groups is 2. The van der Waals surface area contributed by atoms with Crippen molar-refractivity contribution in [1.82, 2.24) is 9.80 Å². The average Bonchev–Trinajstić information content (AvgIpc) is 2.93. The summed E-state index contributed by atoms with van der Waals surface area (Å²) in [6.07, 6.45) is 4.98. The Balaban J connectivity index is 1.48. The molecule has 0 radical (unpaired) electrons. The van der Waals surface area contributed by atoms with Crippen LogP contribution in [0.15, 0.2) is 24.3 Å².